The third-order valence-corrected chi connectivity index (χ3v) is 7.98. The normalized spacial score (nSPS) is 8.63. The minimum atomic E-state index is 1.00. The molecule has 4 aliphatic rings. The average Bonchev–Trinajstić information content (AvgIpc) is 2.83. The Kier molecular flexibility index (Phi) is 514. The van der Waals surface area contributed by atoms with E-state index in [1.165, 1.54) is 64.6 Å². The van der Waals surface area contributed by atoms with Crippen LogP contribution in [0.3, 0.4) is 0 Å². The fraction of sp³-hybridized carbons (Fsp3) is 0.629. The number of aromatic amines is 2. The zero-order valence-corrected chi connectivity index (χ0v) is 86.7. The molecule has 0 spiro atoms. The number of dihydropyridines is 1. The Morgan fingerprint density at radius 1 is 0.246 bits per heavy atom. The van der Waals surface area contributed by atoms with Crippen LogP contribution in [0.15, 0.2) is 224 Å². The zero-order valence-electron chi connectivity index (χ0n) is 85.9. The maximum absolute atomic E-state index is 4.58. The average molecular weight is 1640 g/mol. The van der Waals surface area contributed by atoms with Gasteiger partial charge in [-0.25, -0.2) is 15.0 Å². The maximum atomic E-state index is 4.58. The van der Waals surface area contributed by atoms with Crippen molar-refractivity contribution in [3.05, 3.63) is 220 Å². The number of hydrogen-bond acceptors (Lipinski definition) is 15. The molecule has 12 rings (SSSR count). The number of pyridine rings is 1. The minimum Gasteiger partial charge on any atom is -0.473 e. The molecule has 4 aliphatic heterocycles. The summed E-state index contributed by atoms with van der Waals surface area (Å²) >= 11 is 1.71. The molecule has 114 heavy (non-hydrogen) atoms. The highest BCUT2D eigenvalue weighted by Crippen LogP contribution is 1.96. The molecule has 0 atom stereocenters. The first-order valence-corrected chi connectivity index (χ1v) is 46.7. The molecular formula is C97H213N15OS. The SMILES string of the molecule is C1=CNC=CC1.C1CCNC1.C1CCNCC1.C1CNCN1.CC.CC.CC.CC.CC.CC.CC.CC.CC.CC.CC.CC.CC.CC.CC.CC.CC.CC.CC.CC.CC.CC.CC.CC.c1c[nH]cn1.c1cc[nH]c1.c1ccncc1.c1ccnnc1.c1ccoc1.c1ccsc1.c1cnccn1.c1cncnc1. The van der Waals surface area contributed by atoms with Crippen molar-refractivity contribution in [3.63, 3.8) is 0 Å². The van der Waals surface area contributed by atoms with Crippen molar-refractivity contribution in [3.8, 4) is 0 Å². The molecule has 17 heteroatoms. The van der Waals surface area contributed by atoms with Gasteiger partial charge in [-0.3, -0.25) is 15.0 Å². The van der Waals surface area contributed by atoms with Crippen LogP contribution in [0.4, 0.5) is 0 Å². The number of piperidine rings is 1. The van der Waals surface area contributed by atoms with Crippen LogP contribution in [-0.2, 0) is 0 Å². The highest BCUT2D eigenvalue weighted by Gasteiger charge is 1.94. The summed E-state index contributed by atoms with van der Waals surface area (Å²) in [7, 11) is 0. The van der Waals surface area contributed by atoms with Gasteiger partial charge in [-0.2, -0.15) is 21.5 Å². The van der Waals surface area contributed by atoms with E-state index in [4.69, 9.17) is 0 Å². The van der Waals surface area contributed by atoms with Gasteiger partial charge < -0.3 is 41.0 Å². The largest absolute Gasteiger partial charge is 0.473 e. The van der Waals surface area contributed by atoms with E-state index in [1.54, 1.807) is 111 Å². The summed E-state index contributed by atoms with van der Waals surface area (Å²) in [6.07, 6.45) is 46.4. The fourth-order valence-corrected chi connectivity index (χ4v) is 4.75. The Morgan fingerprint density at radius 3 is 0.658 bits per heavy atom. The van der Waals surface area contributed by atoms with E-state index >= 15 is 0 Å². The summed E-state index contributed by atoms with van der Waals surface area (Å²) in [5.74, 6) is 0. The van der Waals surface area contributed by atoms with Gasteiger partial charge >= 0.3 is 0 Å². The van der Waals surface area contributed by atoms with Crippen molar-refractivity contribution in [1.82, 2.24) is 76.7 Å². The monoisotopic (exact) mass is 1640 g/mol. The van der Waals surface area contributed by atoms with Crippen molar-refractivity contribution in [1.29, 1.82) is 0 Å². The van der Waals surface area contributed by atoms with E-state index < -0.39 is 0 Å². The molecule has 0 amide bonds. The Morgan fingerprint density at radius 2 is 0.553 bits per heavy atom. The summed E-state index contributed by atoms with van der Waals surface area (Å²) in [4.78, 5) is 27.9. The lowest BCUT2D eigenvalue weighted by molar-refractivity contribution is 0.520. The smallest absolute Gasteiger partial charge is 0.115 e. The van der Waals surface area contributed by atoms with Crippen molar-refractivity contribution in [2.75, 3.05) is 45.9 Å². The zero-order chi connectivity index (χ0) is 94.7. The predicted molar refractivity (Wildman–Crippen MR) is 541 cm³/mol. The molecule has 3 fully saturated rings. The molecule has 0 radical (unpaired) electrons. The van der Waals surface area contributed by atoms with E-state index in [9.17, 15) is 0 Å². The van der Waals surface area contributed by atoms with E-state index in [0.717, 1.165) is 26.2 Å². The molecule has 3 saturated heterocycles. The Balaban J connectivity index is -0.0000000337. The lowest BCUT2D eigenvalue weighted by Gasteiger charge is -2.08. The molecule has 0 aromatic carbocycles. The van der Waals surface area contributed by atoms with Gasteiger partial charge in [0.25, 0.3) is 0 Å². The molecule has 8 aromatic rings. The van der Waals surface area contributed by atoms with Crippen molar-refractivity contribution < 1.29 is 4.42 Å². The van der Waals surface area contributed by atoms with Crippen LogP contribution in [0.2, 0.25) is 0 Å². The van der Waals surface area contributed by atoms with Crippen molar-refractivity contribution >= 4 is 11.3 Å². The van der Waals surface area contributed by atoms with Gasteiger partial charge in [-0.15, -0.1) is 0 Å². The van der Waals surface area contributed by atoms with Crippen LogP contribution in [0.1, 0.15) is 371 Å². The topological polar surface area (TPSA) is 208 Å². The molecule has 0 unspecified atom stereocenters. The molecule has 0 saturated carbocycles. The molecule has 16 nitrogen and oxygen atoms in total. The van der Waals surface area contributed by atoms with Gasteiger partial charge in [0, 0.05) is 107 Å². The van der Waals surface area contributed by atoms with Crippen LogP contribution in [0, 0.1) is 0 Å². The van der Waals surface area contributed by atoms with Gasteiger partial charge in [-0.1, -0.05) is 369 Å². The number of thiophene rings is 1. The molecule has 688 valence electrons. The van der Waals surface area contributed by atoms with Gasteiger partial charge in [-0.05, 0) is 136 Å². The second-order valence-electron chi connectivity index (χ2n) is 12.6. The first-order valence-electron chi connectivity index (χ1n) is 45.8. The number of imidazole rings is 1. The van der Waals surface area contributed by atoms with E-state index in [2.05, 4.69) is 93.2 Å². The second kappa shape index (κ2) is 336. The van der Waals surface area contributed by atoms with Crippen LogP contribution < -0.4 is 26.6 Å². The van der Waals surface area contributed by atoms with Crippen LogP contribution >= 0.6 is 11.3 Å². The summed E-state index contributed by atoms with van der Waals surface area (Å²) in [6, 6.07) is 22.7. The predicted octanol–water partition coefficient (Wildman–Crippen LogP) is 32.9. The number of nitrogens with one attached hydrogen (secondary N) is 7. The Hall–Kier alpha value is -7.02. The minimum absolute atomic E-state index is 1.00. The third kappa shape index (κ3) is 326. The lowest BCUT2D eigenvalue weighted by Crippen LogP contribution is -2.21. The van der Waals surface area contributed by atoms with Gasteiger partial charge in [0.05, 0.1) is 18.9 Å². The van der Waals surface area contributed by atoms with Crippen LogP contribution in [0.25, 0.3) is 0 Å². The standard InChI is InChI=1S/C5H11N.C5H7N.C5H5N.3C4H4N2.C4H9N.C4H5N.C4H4O.C4H4S.C3H8N2.C3H4N2.24C2H6/c3*1-2-4-6-5-3-1;1-2-6-4-3-5-1;1-2-5-4-6-3-1;1-2-4-6-5-3-1;4*1-2-4-5-3-1;2*1-2-5-3-4-1;24*1-2/h6H,1-5H2;2-6H,1H2;1-5H;3*1-4H;5H,1-4H2;1-5H;2*1-4H;4-5H,1-3H2;1-3H,(H,4,5);24*1-2H3. The number of hydrogen-bond donors (Lipinski definition) is 7. The molecule has 12 heterocycles. The quantitative estimate of drug-likeness (QED) is 0.0754. The number of aromatic nitrogens is 10. The number of H-pyrrole nitrogens is 2. The highest BCUT2D eigenvalue weighted by molar-refractivity contribution is 7.07. The molecule has 7 N–H and O–H groups in total. The molecular weight excluding hydrogens is 1420 g/mol. The fourth-order valence-electron chi connectivity index (χ4n) is 4.29. The second-order valence-corrected chi connectivity index (χ2v) is 13.4. The summed E-state index contributed by atoms with van der Waals surface area (Å²) < 4.78 is 4.58. The van der Waals surface area contributed by atoms with E-state index in [-0.39, 0.29) is 0 Å². The van der Waals surface area contributed by atoms with Gasteiger partial charge in [0.2, 0.25) is 0 Å². The highest BCUT2D eigenvalue weighted by atomic mass is 32.1. The van der Waals surface area contributed by atoms with Crippen LogP contribution in [0.5, 0.6) is 0 Å². The maximum Gasteiger partial charge on any atom is 0.115 e. The van der Waals surface area contributed by atoms with E-state index in [0.29, 0.717) is 0 Å². The number of furan rings is 1. The number of nitrogens with zero attached hydrogens (tertiary/aromatic N) is 8. The number of allylic oxidation sites excluding steroid dienone is 2. The first-order chi connectivity index (χ1) is 57.0. The summed E-state index contributed by atoms with van der Waals surface area (Å²) in [6.45, 7) is 104. The first kappa shape index (κ1) is 175. The lowest BCUT2D eigenvalue weighted by atomic mass is 10.2. The van der Waals surface area contributed by atoms with Gasteiger partial charge in [0.15, 0.2) is 0 Å². The van der Waals surface area contributed by atoms with Crippen LogP contribution in [-0.4, -0.2) is 96.0 Å². The summed E-state index contributed by atoms with van der Waals surface area (Å²) in [5.41, 5.74) is 0. The van der Waals surface area contributed by atoms with Crippen molar-refractivity contribution in [2.45, 2.75) is 371 Å². The third-order valence-electron chi connectivity index (χ3n) is 7.35. The Labute approximate surface area is 725 Å². The molecule has 0 aliphatic carbocycles. The molecule has 0 bridgehead atoms. The van der Waals surface area contributed by atoms with Gasteiger partial charge in [0.1, 0.15) is 6.33 Å². The summed E-state index contributed by atoms with van der Waals surface area (Å²) in [5, 5.41) is 26.8. The van der Waals surface area contributed by atoms with E-state index in [1.807, 2.05) is 435 Å². The Bertz CT molecular complexity index is 1450. The number of rotatable bonds is 0. The molecule has 8 aromatic heterocycles. The van der Waals surface area contributed by atoms with Crippen molar-refractivity contribution in [2.24, 2.45) is 0 Å².